The van der Waals surface area contributed by atoms with Crippen LogP contribution in [-0.4, -0.2) is 32.0 Å². The lowest BCUT2D eigenvalue weighted by atomic mass is 9.85. The first-order valence-electron chi connectivity index (χ1n) is 9.58. The fraction of sp³-hybridized carbons (Fsp3) is 0.400. The zero-order chi connectivity index (χ0) is 22.6. The van der Waals surface area contributed by atoms with E-state index in [1.807, 2.05) is 24.3 Å². The number of nitrogens with zero attached hydrogens (tertiary/aromatic N) is 3. The van der Waals surface area contributed by atoms with Gasteiger partial charge in [-0.1, -0.05) is 29.4 Å². The summed E-state index contributed by atoms with van der Waals surface area (Å²) in [5, 5.41) is 14.2. The van der Waals surface area contributed by atoms with Crippen molar-refractivity contribution in [1.29, 1.82) is 0 Å². The van der Waals surface area contributed by atoms with Gasteiger partial charge in [-0.15, -0.1) is 0 Å². The summed E-state index contributed by atoms with van der Waals surface area (Å²) in [5.74, 6) is -1.17. The summed E-state index contributed by atoms with van der Waals surface area (Å²) in [7, 11) is -4.00. The standard InChI is InChI=1S/C20H21F3N4O3S/c21-20(22,23)8-3-9-31(29,30)26-15-6-7-18(28)17(11-15)19-14(12-25-27-24)10-13-4-1-2-5-16(13)19/h1-2,4-7,11,14,19,26,28H,3,8-10,12H2/t14-,19-/m0/s1. The van der Waals surface area contributed by atoms with Crippen molar-refractivity contribution in [3.8, 4) is 5.75 Å². The normalized spacial score (nSPS) is 18.3. The van der Waals surface area contributed by atoms with Gasteiger partial charge in [0, 0.05) is 35.0 Å². The van der Waals surface area contributed by atoms with Crippen LogP contribution in [-0.2, 0) is 16.4 Å². The number of nitrogens with one attached hydrogen (secondary N) is 1. The van der Waals surface area contributed by atoms with E-state index in [2.05, 4.69) is 14.7 Å². The maximum Gasteiger partial charge on any atom is 0.389 e. The van der Waals surface area contributed by atoms with Gasteiger partial charge in [-0.25, -0.2) is 8.42 Å². The Morgan fingerprint density at radius 1 is 1.19 bits per heavy atom. The zero-order valence-electron chi connectivity index (χ0n) is 16.4. The van der Waals surface area contributed by atoms with Crippen molar-refractivity contribution in [3.05, 3.63) is 69.6 Å². The number of hydrogen-bond acceptors (Lipinski definition) is 4. The van der Waals surface area contributed by atoms with Crippen LogP contribution in [0.3, 0.4) is 0 Å². The van der Waals surface area contributed by atoms with Gasteiger partial charge >= 0.3 is 6.18 Å². The predicted molar refractivity (Wildman–Crippen MR) is 110 cm³/mol. The number of anilines is 1. The van der Waals surface area contributed by atoms with Gasteiger partial charge in [-0.3, -0.25) is 4.72 Å². The minimum absolute atomic E-state index is 0.0485. The molecule has 11 heteroatoms. The molecule has 0 heterocycles. The SMILES string of the molecule is [N-]=[N+]=NC[C@@H]1Cc2ccccc2[C@H]1c1cc(NS(=O)(=O)CCCC(F)(F)F)ccc1O. The molecule has 166 valence electrons. The average molecular weight is 454 g/mol. The van der Waals surface area contributed by atoms with Crippen LogP contribution < -0.4 is 4.72 Å². The molecule has 31 heavy (non-hydrogen) atoms. The minimum Gasteiger partial charge on any atom is -0.508 e. The van der Waals surface area contributed by atoms with Crippen LogP contribution in [0.25, 0.3) is 10.4 Å². The lowest BCUT2D eigenvalue weighted by molar-refractivity contribution is -0.134. The van der Waals surface area contributed by atoms with Crippen LogP contribution in [0.4, 0.5) is 18.9 Å². The maximum atomic E-state index is 12.3. The molecule has 2 N–H and O–H groups in total. The molecular formula is C20H21F3N4O3S. The number of sulfonamides is 1. The molecule has 0 radical (unpaired) electrons. The van der Waals surface area contributed by atoms with E-state index in [0.717, 1.165) is 11.1 Å². The van der Waals surface area contributed by atoms with E-state index in [1.165, 1.54) is 18.2 Å². The summed E-state index contributed by atoms with van der Waals surface area (Å²) in [5.41, 5.74) is 11.3. The van der Waals surface area contributed by atoms with E-state index in [-0.39, 0.29) is 29.8 Å². The molecule has 0 saturated carbocycles. The van der Waals surface area contributed by atoms with Crippen LogP contribution in [0.1, 0.15) is 35.4 Å². The number of benzene rings is 2. The Bertz CT molecular complexity index is 1100. The van der Waals surface area contributed by atoms with Crippen molar-refractivity contribution < 1.29 is 26.7 Å². The molecule has 2 aromatic rings. The molecule has 1 aliphatic rings. The predicted octanol–water partition coefficient (Wildman–Crippen LogP) is 5.09. The van der Waals surface area contributed by atoms with Crippen molar-refractivity contribution in [3.63, 3.8) is 0 Å². The van der Waals surface area contributed by atoms with Gasteiger partial charge in [0.15, 0.2) is 0 Å². The third kappa shape index (κ3) is 5.83. The largest absolute Gasteiger partial charge is 0.508 e. The van der Waals surface area contributed by atoms with Crippen LogP contribution >= 0.6 is 0 Å². The lowest BCUT2D eigenvalue weighted by Crippen LogP contribution is -2.19. The fourth-order valence-electron chi connectivity index (χ4n) is 3.97. The Morgan fingerprint density at radius 3 is 2.65 bits per heavy atom. The van der Waals surface area contributed by atoms with Gasteiger partial charge in [0.1, 0.15) is 5.75 Å². The van der Waals surface area contributed by atoms with Crippen LogP contribution in [0, 0.1) is 5.92 Å². The molecule has 0 bridgehead atoms. The molecule has 0 spiro atoms. The van der Waals surface area contributed by atoms with E-state index in [1.54, 1.807) is 0 Å². The molecule has 7 nitrogen and oxygen atoms in total. The second-order valence-electron chi connectivity index (χ2n) is 7.47. The number of phenols is 1. The molecule has 2 atom stereocenters. The summed E-state index contributed by atoms with van der Waals surface area (Å²) in [6, 6.07) is 11.8. The molecule has 0 unspecified atom stereocenters. The molecule has 0 aliphatic heterocycles. The number of rotatable bonds is 8. The monoisotopic (exact) mass is 454 g/mol. The second-order valence-corrected chi connectivity index (χ2v) is 9.31. The smallest absolute Gasteiger partial charge is 0.389 e. The Kier molecular flexibility index (Phi) is 6.66. The van der Waals surface area contributed by atoms with Gasteiger partial charge in [-0.2, -0.15) is 13.2 Å². The molecule has 1 aliphatic carbocycles. The first kappa shape index (κ1) is 22.8. The number of phenolic OH excluding ortho intramolecular Hbond substituents is 1. The van der Waals surface area contributed by atoms with Crippen LogP contribution in [0.5, 0.6) is 5.75 Å². The Labute approximate surface area is 177 Å². The maximum absolute atomic E-state index is 12.3. The lowest BCUT2D eigenvalue weighted by Gasteiger charge is -2.21. The van der Waals surface area contributed by atoms with Crippen molar-refractivity contribution in [2.24, 2.45) is 11.0 Å². The van der Waals surface area contributed by atoms with Gasteiger partial charge in [0.2, 0.25) is 10.0 Å². The number of azide groups is 1. The van der Waals surface area contributed by atoms with E-state index in [4.69, 9.17) is 5.53 Å². The third-order valence-electron chi connectivity index (χ3n) is 5.23. The highest BCUT2D eigenvalue weighted by molar-refractivity contribution is 7.92. The number of fused-ring (bicyclic) bond motifs is 1. The van der Waals surface area contributed by atoms with Crippen molar-refractivity contribution in [2.75, 3.05) is 17.0 Å². The summed E-state index contributed by atoms with van der Waals surface area (Å²) in [6.07, 6.45) is -5.52. The Morgan fingerprint density at radius 2 is 1.94 bits per heavy atom. The van der Waals surface area contributed by atoms with Gasteiger partial charge < -0.3 is 5.11 Å². The molecule has 0 aromatic heterocycles. The molecule has 0 fully saturated rings. The van der Waals surface area contributed by atoms with E-state index >= 15 is 0 Å². The van der Waals surface area contributed by atoms with Crippen molar-refractivity contribution in [2.45, 2.75) is 31.4 Å². The topological polar surface area (TPSA) is 115 Å². The Hall–Kier alpha value is -2.91. The van der Waals surface area contributed by atoms with Gasteiger partial charge in [0.05, 0.1) is 5.75 Å². The highest BCUT2D eigenvalue weighted by Crippen LogP contribution is 2.46. The summed E-state index contributed by atoms with van der Waals surface area (Å²) < 4.78 is 63.6. The Balaban J connectivity index is 1.87. The third-order valence-corrected chi connectivity index (χ3v) is 6.61. The number of halogens is 3. The van der Waals surface area contributed by atoms with Crippen LogP contribution in [0.15, 0.2) is 47.6 Å². The quantitative estimate of drug-likeness (QED) is 0.250. The number of aromatic hydroxyl groups is 1. The summed E-state index contributed by atoms with van der Waals surface area (Å²) in [4.78, 5) is 2.82. The number of hydrogen-bond donors (Lipinski definition) is 2. The average Bonchev–Trinajstić information content (AvgIpc) is 3.04. The first-order chi connectivity index (χ1) is 14.6. The van der Waals surface area contributed by atoms with E-state index < -0.39 is 34.8 Å². The first-order valence-corrected chi connectivity index (χ1v) is 11.2. The molecule has 2 aromatic carbocycles. The molecule has 3 rings (SSSR count). The molecule has 0 amide bonds. The summed E-state index contributed by atoms with van der Waals surface area (Å²) in [6.45, 7) is 0.197. The fourth-order valence-corrected chi connectivity index (χ4v) is 5.08. The van der Waals surface area contributed by atoms with E-state index in [0.29, 0.717) is 12.0 Å². The molecule has 0 saturated heterocycles. The second kappa shape index (κ2) is 9.07. The van der Waals surface area contributed by atoms with Crippen molar-refractivity contribution in [1.82, 2.24) is 0 Å². The zero-order valence-corrected chi connectivity index (χ0v) is 17.2. The van der Waals surface area contributed by atoms with E-state index in [9.17, 15) is 26.7 Å². The minimum atomic E-state index is -4.42. The number of alkyl halides is 3. The highest BCUT2D eigenvalue weighted by atomic mass is 32.2. The van der Waals surface area contributed by atoms with Crippen LogP contribution in [0.2, 0.25) is 0 Å². The highest BCUT2D eigenvalue weighted by Gasteiger charge is 2.34. The summed E-state index contributed by atoms with van der Waals surface area (Å²) >= 11 is 0. The van der Waals surface area contributed by atoms with Gasteiger partial charge in [-0.05, 0) is 53.6 Å². The van der Waals surface area contributed by atoms with Crippen molar-refractivity contribution >= 4 is 15.7 Å². The molecular weight excluding hydrogens is 433 g/mol. The van der Waals surface area contributed by atoms with Gasteiger partial charge in [0.25, 0.3) is 0 Å².